The number of likely N-dealkylation sites (tertiary alicyclic amines) is 1. The predicted molar refractivity (Wildman–Crippen MR) is 94.4 cm³/mol. The van der Waals surface area contributed by atoms with E-state index in [-0.39, 0.29) is 30.8 Å². The Labute approximate surface area is 152 Å². The molecule has 0 aromatic heterocycles. The van der Waals surface area contributed by atoms with Crippen molar-refractivity contribution in [2.45, 2.75) is 26.7 Å². The minimum atomic E-state index is -0.936. The van der Waals surface area contributed by atoms with Crippen molar-refractivity contribution in [3.63, 3.8) is 0 Å². The molecule has 1 fully saturated rings. The van der Waals surface area contributed by atoms with Crippen molar-refractivity contribution < 1.29 is 19.5 Å². The number of carboxylic acids is 1. The second-order valence-electron chi connectivity index (χ2n) is 7.33. The van der Waals surface area contributed by atoms with E-state index >= 15 is 0 Å². The topological polar surface area (TPSA) is 86.7 Å². The van der Waals surface area contributed by atoms with Crippen LogP contribution in [0.2, 0.25) is 5.02 Å². The molecule has 1 aromatic carbocycles. The summed E-state index contributed by atoms with van der Waals surface area (Å²) in [5.41, 5.74) is 0.256. The molecule has 1 saturated heterocycles. The molecule has 136 valence electrons. The van der Waals surface area contributed by atoms with Crippen LogP contribution in [-0.2, 0) is 14.4 Å². The van der Waals surface area contributed by atoms with Gasteiger partial charge in [0, 0.05) is 29.4 Å². The Balaban J connectivity index is 2.06. The summed E-state index contributed by atoms with van der Waals surface area (Å²) in [5, 5.41) is 12.7. The summed E-state index contributed by atoms with van der Waals surface area (Å²) < 4.78 is 0. The first kappa shape index (κ1) is 19.2. The van der Waals surface area contributed by atoms with Crippen molar-refractivity contribution in [3.8, 4) is 0 Å². The first-order valence-electron chi connectivity index (χ1n) is 8.14. The lowest BCUT2D eigenvalue weighted by atomic mass is 9.89. The summed E-state index contributed by atoms with van der Waals surface area (Å²) in [6.07, 6.45) is 0. The normalized spacial score (nSPS) is 20.4. The Morgan fingerprint density at radius 3 is 2.32 bits per heavy atom. The molecule has 1 aromatic rings. The number of rotatable bonds is 4. The minimum Gasteiger partial charge on any atom is -0.481 e. The fourth-order valence-electron chi connectivity index (χ4n) is 2.84. The number of nitrogens with zero attached hydrogens (tertiary/aromatic N) is 1. The third-order valence-corrected chi connectivity index (χ3v) is 4.62. The van der Waals surface area contributed by atoms with Gasteiger partial charge in [0.25, 0.3) is 0 Å². The van der Waals surface area contributed by atoms with Crippen molar-refractivity contribution in [3.05, 3.63) is 34.9 Å². The van der Waals surface area contributed by atoms with Crippen LogP contribution in [-0.4, -0.2) is 47.4 Å². The molecule has 2 atom stereocenters. The monoisotopic (exact) mass is 366 g/mol. The fraction of sp³-hybridized carbons (Fsp3) is 0.500. The van der Waals surface area contributed by atoms with Gasteiger partial charge in [-0.1, -0.05) is 44.5 Å². The maximum Gasteiger partial charge on any atom is 0.308 e. The lowest BCUT2D eigenvalue weighted by molar-refractivity contribution is -0.142. The molecule has 7 heteroatoms. The molecule has 1 heterocycles. The molecule has 0 spiro atoms. The Morgan fingerprint density at radius 1 is 1.20 bits per heavy atom. The van der Waals surface area contributed by atoms with Gasteiger partial charge in [0.15, 0.2) is 0 Å². The number of carbonyl (C=O) groups is 3. The van der Waals surface area contributed by atoms with Crippen LogP contribution in [0, 0.1) is 11.3 Å². The number of halogens is 1. The van der Waals surface area contributed by atoms with Gasteiger partial charge in [-0.25, -0.2) is 0 Å². The smallest absolute Gasteiger partial charge is 0.308 e. The standard InChI is InChI=1S/C18H23ClN2O4/c1-18(2,3)17(25)20-8-15(22)21-9-13(14(10-21)16(23)24)11-4-6-12(19)7-5-11/h4-7,13-14H,8-10H2,1-3H3,(H,20,25)(H,23,24)/t13-,14+/m0/s1. The van der Waals surface area contributed by atoms with E-state index in [0.717, 1.165) is 5.56 Å². The molecular weight excluding hydrogens is 344 g/mol. The van der Waals surface area contributed by atoms with E-state index in [4.69, 9.17) is 11.6 Å². The van der Waals surface area contributed by atoms with E-state index in [1.807, 2.05) is 0 Å². The number of nitrogens with one attached hydrogen (secondary N) is 1. The van der Waals surface area contributed by atoms with Crippen molar-refractivity contribution in [1.82, 2.24) is 10.2 Å². The SMILES string of the molecule is CC(C)(C)C(=O)NCC(=O)N1C[C@@H](C(=O)O)[C@H](c2ccc(Cl)cc2)C1. The number of hydrogen-bond acceptors (Lipinski definition) is 3. The van der Waals surface area contributed by atoms with Crippen LogP contribution in [0.4, 0.5) is 0 Å². The van der Waals surface area contributed by atoms with Crippen LogP contribution < -0.4 is 5.32 Å². The number of hydrogen-bond donors (Lipinski definition) is 2. The molecule has 0 aliphatic carbocycles. The highest BCUT2D eigenvalue weighted by Crippen LogP contribution is 2.33. The molecule has 1 aliphatic heterocycles. The van der Waals surface area contributed by atoms with Crippen molar-refractivity contribution >= 4 is 29.4 Å². The summed E-state index contributed by atoms with van der Waals surface area (Å²) in [6.45, 7) is 5.60. The van der Waals surface area contributed by atoms with Crippen LogP contribution in [0.3, 0.4) is 0 Å². The molecule has 25 heavy (non-hydrogen) atoms. The van der Waals surface area contributed by atoms with Gasteiger partial charge in [0.05, 0.1) is 12.5 Å². The van der Waals surface area contributed by atoms with Crippen molar-refractivity contribution in [1.29, 1.82) is 0 Å². The Hall–Kier alpha value is -2.08. The fourth-order valence-corrected chi connectivity index (χ4v) is 2.96. The van der Waals surface area contributed by atoms with Crippen LogP contribution in [0.5, 0.6) is 0 Å². The van der Waals surface area contributed by atoms with Crippen molar-refractivity contribution in [2.75, 3.05) is 19.6 Å². The van der Waals surface area contributed by atoms with Crippen LogP contribution in [0.1, 0.15) is 32.3 Å². The zero-order valence-electron chi connectivity index (χ0n) is 14.6. The number of carboxylic acid groups (broad SMARTS) is 1. The van der Waals surface area contributed by atoms with E-state index in [2.05, 4.69) is 5.32 Å². The Bertz CT molecular complexity index is 667. The lowest BCUT2D eigenvalue weighted by Gasteiger charge is -2.20. The highest BCUT2D eigenvalue weighted by atomic mass is 35.5. The van der Waals surface area contributed by atoms with E-state index in [0.29, 0.717) is 11.6 Å². The predicted octanol–water partition coefficient (Wildman–Crippen LogP) is 2.13. The first-order chi connectivity index (χ1) is 11.6. The molecule has 2 rings (SSSR count). The number of amides is 2. The van der Waals surface area contributed by atoms with E-state index < -0.39 is 17.3 Å². The van der Waals surface area contributed by atoms with Gasteiger partial charge in [-0.15, -0.1) is 0 Å². The summed E-state index contributed by atoms with van der Waals surface area (Å²) in [7, 11) is 0. The highest BCUT2D eigenvalue weighted by Gasteiger charge is 2.40. The van der Waals surface area contributed by atoms with E-state index in [1.165, 1.54) is 4.90 Å². The Kier molecular flexibility index (Phi) is 5.72. The van der Waals surface area contributed by atoms with Crippen LogP contribution >= 0.6 is 11.6 Å². The summed E-state index contributed by atoms with van der Waals surface area (Å²) in [5.74, 6) is -2.40. The molecule has 0 radical (unpaired) electrons. The summed E-state index contributed by atoms with van der Waals surface area (Å²) >= 11 is 5.88. The molecule has 6 nitrogen and oxygen atoms in total. The third-order valence-electron chi connectivity index (χ3n) is 4.37. The molecule has 1 aliphatic rings. The second kappa shape index (κ2) is 7.44. The maximum absolute atomic E-state index is 12.4. The number of carbonyl (C=O) groups excluding carboxylic acids is 2. The largest absolute Gasteiger partial charge is 0.481 e. The third kappa shape index (κ3) is 4.72. The van der Waals surface area contributed by atoms with Crippen LogP contribution in [0.15, 0.2) is 24.3 Å². The lowest BCUT2D eigenvalue weighted by Crippen LogP contribution is -2.43. The summed E-state index contributed by atoms with van der Waals surface area (Å²) in [6, 6.07) is 7.00. The summed E-state index contributed by atoms with van der Waals surface area (Å²) in [4.78, 5) is 37.3. The average molecular weight is 367 g/mol. The van der Waals surface area contributed by atoms with E-state index in [9.17, 15) is 19.5 Å². The number of benzene rings is 1. The van der Waals surface area contributed by atoms with Gasteiger partial charge >= 0.3 is 5.97 Å². The van der Waals surface area contributed by atoms with Gasteiger partial charge in [0.2, 0.25) is 11.8 Å². The second-order valence-corrected chi connectivity index (χ2v) is 7.77. The van der Waals surface area contributed by atoms with Crippen LogP contribution in [0.25, 0.3) is 0 Å². The van der Waals surface area contributed by atoms with Gasteiger partial charge in [-0.05, 0) is 17.7 Å². The zero-order chi connectivity index (χ0) is 18.8. The van der Waals surface area contributed by atoms with Gasteiger partial charge in [0.1, 0.15) is 0 Å². The molecule has 0 saturated carbocycles. The van der Waals surface area contributed by atoms with Gasteiger partial charge in [-0.3, -0.25) is 14.4 Å². The van der Waals surface area contributed by atoms with E-state index in [1.54, 1.807) is 45.0 Å². The number of aliphatic carboxylic acids is 1. The zero-order valence-corrected chi connectivity index (χ0v) is 15.3. The highest BCUT2D eigenvalue weighted by molar-refractivity contribution is 6.30. The maximum atomic E-state index is 12.4. The van der Waals surface area contributed by atoms with Crippen molar-refractivity contribution in [2.24, 2.45) is 11.3 Å². The molecule has 2 amide bonds. The average Bonchev–Trinajstić information content (AvgIpc) is 2.97. The molecule has 0 unspecified atom stereocenters. The minimum absolute atomic E-state index is 0.129. The molecular formula is C18H23ClN2O4. The quantitative estimate of drug-likeness (QED) is 0.854. The Morgan fingerprint density at radius 2 is 1.80 bits per heavy atom. The molecule has 2 N–H and O–H groups in total. The molecule has 0 bridgehead atoms. The van der Waals surface area contributed by atoms with Gasteiger partial charge < -0.3 is 15.3 Å². The van der Waals surface area contributed by atoms with Gasteiger partial charge in [-0.2, -0.15) is 0 Å². The first-order valence-corrected chi connectivity index (χ1v) is 8.51.